The van der Waals surface area contributed by atoms with E-state index in [0.717, 1.165) is 5.69 Å². The van der Waals surface area contributed by atoms with Gasteiger partial charge >= 0.3 is 0 Å². The maximum absolute atomic E-state index is 12.2. The van der Waals surface area contributed by atoms with Gasteiger partial charge in [-0.15, -0.1) is 0 Å². The van der Waals surface area contributed by atoms with Crippen LogP contribution in [0.3, 0.4) is 0 Å². The molecule has 1 aromatic heterocycles. The number of aryl methyl sites for hydroxylation is 2. The van der Waals surface area contributed by atoms with Crippen LogP contribution in [0.25, 0.3) is 0 Å². The summed E-state index contributed by atoms with van der Waals surface area (Å²) in [6.07, 6.45) is 0. The molecular formula is C14H16N4O2S. The van der Waals surface area contributed by atoms with Gasteiger partial charge in [-0.2, -0.15) is 5.10 Å². The van der Waals surface area contributed by atoms with E-state index in [-0.39, 0.29) is 17.5 Å². The number of rotatable bonds is 5. The molecule has 0 aliphatic heterocycles. The highest BCUT2D eigenvalue weighted by Gasteiger charge is 2.12. The lowest BCUT2D eigenvalue weighted by atomic mass is 10.3. The number of hydrogen-bond acceptors (Lipinski definition) is 4. The van der Waals surface area contributed by atoms with Gasteiger partial charge in [0.1, 0.15) is 23.0 Å². The van der Waals surface area contributed by atoms with Gasteiger partial charge in [-0.25, -0.2) is 0 Å². The monoisotopic (exact) mass is 304 g/mol. The summed E-state index contributed by atoms with van der Waals surface area (Å²) in [5.74, 6) is 0.353. The summed E-state index contributed by atoms with van der Waals surface area (Å²) >= 11 is 4.75. The highest BCUT2D eigenvalue weighted by Crippen LogP contribution is 2.18. The third kappa shape index (κ3) is 4.03. The van der Waals surface area contributed by atoms with Crippen LogP contribution in [0, 0.1) is 6.92 Å². The number of nitrogens with two attached hydrogens (primary N) is 1. The van der Waals surface area contributed by atoms with E-state index in [9.17, 15) is 4.79 Å². The molecule has 0 atom stereocenters. The number of ether oxygens (including phenoxy) is 1. The largest absolute Gasteiger partial charge is 0.486 e. The number of amides is 1. The Morgan fingerprint density at radius 2 is 2.24 bits per heavy atom. The van der Waals surface area contributed by atoms with Crippen LogP contribution in [0.1, 0.15) is 16.2 Å². The molecule has 0 saturated carbocycles. The number of anilines is 1. The Balaban J connectivity index is 2.09. The Bertz CT molecular complexity index is 681. The van der Waals surface area contributed by atoms with Gasteiger partial charge in [0.05, 0.1) is 5.69 Å². The normalized spacial score (nSPS) is 10.2. The fourth-order valence-corrected chi connectivity index (χ4v) is 1.90. The zero-order valence-electron chi connectivity index (χ0n) is 11.8. The SMILES string of the molecule is Cc1cc(C(=O)Nc2cccc(OCC(N)=S)c2)n(C)n1. The third-order valence-electron chi connectivity index (χ3n) is 2.71. The summed E-state index contributed by atoms with van der Waals surface area (Å²) in [6, 6.07) is 8.75. The zero-order chi connectivity index (χ0) is 15.4. The zero-order valence-corrected chi connectivity index (χ0v) is 12.6. The Kier molecular flexibility index (Phi) is 4.54. The number of benzene rings is 1. The lowest BCUT2D eigenvalue weighted by molar-refractivity contribution is 0.101. The van der Waals surface area contributed by atoms with Crippen molar-refractivity contribution in [3.63, 3.8) is 0 Å². The van der Waals surface area contributed by atoms with Gasteiger partial charge in [0.15, 0.2) is 0 Å². The fraction of sp³-hybridized carbons (Fsp3) is 0.214. The fourth-order valence-electron chi connectivity index (χ4n) is 1.84. The minimum Gasteiger partial charge on any atom is -0.486 e. The lowest BCUT2D eigenvalue weighted by Crippen LogP contribution is -2.18. The molecule has 0 radical (unpaired) electrons. The van der Waals surface area contributed by atoms with E-state index in [2.05, 4.69) is 10.4 Å². The molecule has 21 heavy (non-hydrogen) atoms. The van der Waals surface area contributed by atoms with Crippen LogP contribution in [0.2, 0.25) is 0 Å². The van der Waals surface area contributed by atoms with Crippen molar-refractivity contribution in [1.82, 2.24) is 9.78 Å². The highest BCUT2D eigenvalue weighted by atomic mass is 32.1. The van der Waals surface area contributed by atoms with E-state index in [1.807, 2.05) is 6.92 Å². The van der Waals surface area contributed by atoms with Crippen LogP contribution >= 0.6 is 12.2 Å². The third-order valence-corrected chi connectivity index (χ3v) is 2.83. The summed E-state index contributed by atoms with van der Waals surface area (Å²) in [7, 11) is 1.73. The molecule has 110 valence electrons. The first-order valence-electron chi connectivity index (χ1n) is 6.29. The number of aromatic nitrogens is 2. The molecule has 0 saturated heterocycles. The number of nitrogens with zero attached hydrogens (tertiary/aromatic N) is 2. The van der Waals surface area contributed by atoms with E-state index in [4.69, 9.17) is 22.7 Å². The lowest BCUT2D eigenvalue weighted by Gasteiger charge is -2.08. The second-order valence-electron chi connectivity index (χ2n) is 4.53. The molecular weight excluding hydrogens is 288 g/mol. The molecule has 0 aliphatic carbocycles. The van der Waals surface area contributed by atoms with E-state index >= 15 is 0 Å². The van der Waals surface area contributed by atoms with Gasteiger partial charge in [-0.3, -0.25) is 9.48 Å². The Morgan fingerprint density at radius 1 is 1.48 bits per heavy atom. The van der Waals surface area contributed by atoms with Crippen molar-refractivity contribution in [2.45, 2.75) is 6.92 Å². The van der Waals surface area contributed by atoms with Gasteiger partial charge in [0, 0.05) is 18.8 Å². The summed E-state index contributed by atoms with van der Waals surface area (Å²) in [4.78, 5) is 12.4. The Morgan fingerprint density at radius 3 is 2.86 bits per heavy atom. The van der Waals surface area contributed by atoms with Gasteiger partial charge in [-0.05, 0) is 25.1 Å². The van der Waals surface area contributed by atoms with Gasteiger partial charge in [-0.1, -0.05) is 18.3 Å². The standard InChI is InChI=1S/C14H16N4O2S/c1-9-6-12(18(2)17-9)14(19)16-10-4-3-5-11(7-10)20-8-13(15)21/h3-7H,8H2,1-2H3,(H2,15,21)(H,16,19). The van der Waals surface area contributed by atoms with Gasteiger partial charge in [0.25, 0.3) is 5.91 Å². The molecule has 0 aliphatic rings. The maximum atomic E-state index is 12.2. The van der Waals surface area contributed by atoms with E-state index < -0.39 is 0 Å². The minimum absolute atomic E-state index is 0.160. The first-order valence-corrected chi connectivity index (χ1v) is 6.69. The molecule has 7 heteroatoms. The molecule has 0 fully saturated rings. The molecule has 0 spiro atoms. The summed E-state index contributed by atoms with van der Waals surface area (Å²) in [5, 5.41) is 6.94. The van der Waals surface area contributed by atoms with Crippen molar-refractivity contribution in [1.29, 1.82) is 0 Å². The molecule has 0 bridgehead atoms. The molecule has 3 N–H and O–H groups in total. The van der Waals surface area contributed by atoms with Crippen LogP contribution in [0.5, 0.6) is 5.75 Å². The number of nitrogens with one attached hydrogen (secondary N) is 1. The van der Waals surface area contributed by atoms with Crippen LogP contribution in [-0.4, -0.2) is 27.3 Å². The van der Waals surface area contributed by atoms with Crippen molar-refractivity contribution >= 4 is 28.8 Å². The quantitative estimate of drug-likeness (QED) is 0.821. The van der Waals surface area contributed by atoms with E-state index in [0.29, 0.717) is 17.1 Å². The Hall–Kier alpha value is -2.41. The van der Waals surface area contributed by atoms with Crippen LogP contribution in [0.4, 0.5) is 5.69 Å². The van der Waals surface area contributed by atoms with Crippen molar-refractivity contribution < 1.29 is 9.53 Å². The molecule has 2 aromatic rings. The number of carbonyl (C=O) groups is 1. The maximum Gasteiger partial charge on any atom is 0.273 e. The van der Waals surface area contributed by atoms with Crippen molar-refractivity contribution in [2.24, 2.45) is 12.8 Å². The average molecular weight is 304 g/mol. The topological polar surface area (TPSA) is 82.2 Å². The van der Waals surface area contributed by atoms with Crippen molar-refractivity contribution in [3.8, 4) is 5.75 Å². The number of thiocarbonyl (C=S) groups is 1. The molecule has 0 unspecified atom stereocenters. The van der Waals surface area contributed by atoms with Crippen LogP contribution < -0.4 is 15.8 Å². The second kappa shape index (κ2) is 6.36. The Labute approximate surface area is 127 Å². The average Bonchev–Trinajstić information content (AvgIpc) is 2.76. The summed E-state index contributed by atoms with van der Waals surface area (Å²) in [6.45, 7) is 1.99. The van der Waals surface area contributed by atoms with Crippen LogP contribution in [0.15, 0.2) is 30.3 Å². The first kappa shape index (κ1) is 15.0. The molecule has 6 nitrogen and oxygen atoms in total. The molecule has 1 amide bonds. The molecule has 2 rings (SSSR count). The van der Waals surface area contributed by atoms with E-state index in [1.54, 1.807) is 37.4 Å². The minimum atomic E-state index is -0.232. The van der Waals surface area contributed by atoms with Gasteiger partial charge < -0.3 is 15.8 Å². The predicted octanol–water partition coefficient (Wildman–Crippen LogP) is 1.65. The highest BCUT2D eigenvalue weighted by molar-refractivity contribution is 7.80. The summed E-state index contributed by atoms with van der Waals surface area (Å²) in [5.41, 5.74) is 7.28. The van der Waals surface area contributed by atoms with E-state index in [1.165, 1.54) is 4.68 Å². The van der Waals surface area contributed by atoms with Crippen molar-refractivity contribution in [2.75, 3.05) is 11.9 Å². The molecule has 1 heterocycles. The van der Waals surface area contributed by atoms with Crippen molar-refractivity contribution in [3.05, 3.63) is 41.7 Å². The second-order valence-corrected chi connectivity index (χ2v) is 5.06. The van der Waals surface area contributed by atoms with Crippen LogP contribution in [-0.2, 0) is 7.05 Å². The summed E-state index contributed by atoms with van der Waals surface area (Å²) < 4.78 is 6.93. The van der Waals surface area contributed by atoms with Gasteiger partial charge in [0.2, 0.25) is 0 Å². The predicted molar refractivity (Wildman–Crippen MR) is 84.6 cm³/mol. The first-order chi connectivity index (χ1) is 9.95. The number of carbonyl (C=O) groups excluding carboxylic acids is 1. The number of hydrogen-bond donors (Lipinski definition) is 2. The smallest absolute Gasteiger partial charge is 0.273 e. The molecule has 1 aromatic carbocycles.